The molecule has 4 aromatic rings. The van der Waals surface area contributed by atoms with E-state index in [1.54, 1.807) is 36.4 Å². The lowest BCUT2D eigenvalue weighted by Crippen LogP contribution is -2.23. The summed E-state index contributed by atoms with van der Waals surface area (Å²) in [6.07, 6.45) is 2.29. The fourth-order valence-electron chi connectivity index (χ4n) is 3.49. The number of hydrogen-bond donors (Lipinski definition) is 0. The average molecular weight is 622 g/mol. The lowest BCUT2D eigenvalue weighted by Gasteiger charge is -2.15. The number of nitrogens with zero attached hydrogens (tertiary/aromatic N) is 3. The van der Waals surface area contributed by atoms with Crippen LogP contribution in [0, 0.1) is 5.82 Å². The van der Waals surface area contributed by atoms with E-state index < -0.39 is 0 Å². The Bertz CT molecular complexity index is 1490. The number of aromatic nitrogens is 2. The van der Waals surface area contributed by atoms with Crippen LogP contribution in [0.1, 0.15) is 43.1 Å². The zero-order chi connectivity index (χ0) is 25.1. The van der Waals surface area contributed by atoms with Crippen molar-refractivity contribution in [3.8, 4) is 5.75 Å². The maximum Gasteiger partial charge on any atom is 0.282 e. The van der Waals surface area contributed by atoms with Gasteiger partial charge >= 0.3 is 0 Å². The number of hydrogen-bond acceptors (Lipinski definition) is 4. The highest BCUT2D eigenvalue weighted by atomic mass is 79.9. The molecule has 0 saturated carbocycles. The molecule has 1 atom stereocenters. The van der Waals surface area contributed by atoms with Crippen LogP contribution in [0.4, 0.5) is 4.39 Å². The lowest BCUT2D eigenvalue weighted by atomic mass is 10.1. The summed E-state index contributed by atoms with van der Waals surface area (Å²) in [4.78, 5) is 18.1. The molecule has 0 radical (unpaired) electrons. The molecule has 9 heteroatoms. The number of benzene rings is 3. The van der Waals surface area contributed by atoms with E-state index in [1.165, 1.54) is 17.0 Å². The minimum Gasteiger partial charge on any atom is -0.487 e. The standard InChI is InChI=1S/C26H21Br2ClFN3O2/c1-3-15(2)25-32-23-9-8-18(27)11-20(23)26(34)33(25)31-13-17-10-19(29)12-21(28)24(17)35-14-16-6-4-5-7-22(16)30/h4-13,15H,3,14H2,1-2H3/t15-/m1/s1. The molecule has 0 saturated heterocycles. The van der Waals surface area contributed by atoms with Crippen LogP contribution in [0.25, 0.3) is 10.9 Å². The smallest absolute Gasteiger partial charge is 0.282 e. The topological polar surface area (TPSA) is 56.5 Å². The van der Waals surface area contributed by atoms with E-state index in [-0.39, 0.29) is 23.9 Å². The van der Waals surface area contributed by atoms with Gasteiger partial charge in [-0.25, -0.2) is 9.37 Å². The van der Waals surface area contributed by atoms with Gasteiger partial charge in [0.25, 0.3) is 5.56 Å². The fraction of sp³-hybridized carbons (Fsp3) is 0.192. The van der Waals surface area contributed by atoms with Gasteiger partial charge in [-0.15, -0.1) is 0 Å². The fourth-order valence-corrected chi connectivity index (χ4v) is 4.80. The summed E-state index contributed by atoms with van der Waals surface area (Å²) in [6.45, 7) is 4.04. The van der Waals surface area contributed by atoms with Gasteiger partial charge in [-0.05, 0) is 58.7 Å². The Balaban J connectivity index is 1.79. The van der Waals surface area contributed by atoms with Crippen LogP contribution >= 0.6 is 43.5 Å². The summed E-state index contributed by atoms with van der Waals surface area (Å²) in [6, 6.07) is 15.2. The third kappa shape index (κ3) is 5.66. The zero-order valence-electron chi connectivity index (χ0n) is 18.9. The number of fused-ring (bicyclic) bond motifs is 1. The second kappa shape index (κ2) is 11.0. The summed E-state index contributed by atoms with van der Waals surface area (Å²) < 4.78 is 22.7. The number of ether oxygens (including phenoxy) is 1. The minimum absolute atomic E-state index is 0.00392. The summed E-state index contributed by atoms with van der Waals surface area (Å²) in [7, 11) is 0. The highest BCUT2D eigenvalue weighted by Crippen LogP contribution is 2.33. The molecule has 0 fully saturated rings. The molecule has 0 aliphatic rings. The van der Waals surface area contributed by atoms with Crippen molar-refractivity contribution < 1.29 is 9.13 Å². The predicted octanol–water partition coefficient (Wildman–Crippen LogP) is 7.69. The first kappa shape index (κ1) is 25.5. The van der Waals surface area contributed by atoms with Gasteiger partial charge in [-0.2, -0.15) is 9.78 Å². The molecule has 1 aromatic heterocycles. The molecule has 180 valence electrons. The van der Waals surface area contributed by atoms with E-state index in [0.717, 1.165) is 10.9 Å². The van der Waals surface area contributed by atoms with Gasteiger partial charge in [0, 0.05) is 26.5 Å². The van der Waals surface area contributed by atoms with Gasteiger partial charge in [0.2, 0.25) is 0 Å². The van der Waals surface area contributed by atoms with E-state index in [2.05, 4.69) is 37.0 Å². The average Bonchev–Trinajstić information content (AvgIpc) is 2.83. The van der Waals surface area contributed by atoms with Crippen molar-refractivity contribution in [2.75, 3.05) is 0 Å². The van der Waals surface area contributed by atoms with Crippen LogP contribution in [-0.2, 0) is 6.61 Å². The van der Waals surface area contributed by atoms with Crippen LogP contribution in [0.5, 0.6) is 5.75 Å². The van der Waals surface area contributed by atoms with E-state index in [9.17, 15) is 9.18 Å². The Kier molecular flexibility index (Phi) is 8.04. The quantitative estimate of drug-likeness (QED) is 0.199. The molecule has 0 unspecified atom stereocenters. The SMILES string of the molecule is CC[C@@H](C)c1nc2ccc(Br)cc2c(=O)n1N=Cc1cc(Cl)cc(Br)c1OCc1ccccc1F. The Labute approximate surface area is 223 Å². The van der Waals surface area contributed by atoms with Crippen LogP contribution < -0.4 is 10.3 Å². The molecule has 4 rings (SSSR count). The molecule has 5 nitrogen and oxygen atoms in total. The van der Waals surface area contributed by atoms with Gasteiger partial charge in [0.1, 0.15) is 24.0 Å². The number of halogens is 4. The van der Waals surface area contributed by atoms with Crippen LogP contribution in [0.15, 0.2) is 73.4 Å². The maximum atomic E-state index is 14.1. The van der Waals surface area contributed by atoms with E-state index in [4.69, 9.17) is 21.3 Å². The number of rotatable bonds is 7. The van der Waals surface area contributed by atoms with E-state index >= 15 is 0 Å². The second-order valence-electron chi connectivity index (χ2n) is 7.99. The lowest BCUT2D eigenvalue weighted by molar-refractivity contribution is 0.297. The summed E-state index contributed by atoms with van der Waals surface area (Å²) in [5, 5.41) is 5.41. The molecular weight excluding hydrogens is 601 g/mol. The molecule has 0 amide bonds. The highest BCUT2D eigenvalue weighted by Gasteiger charge is 2.17. The third-order valence-electron chi connectivity index (χ3n) is 5.57. The molecule has 1 heterocycles. The van der Waals surface area contributed by atoms with E-state index in [0.29, 0.717) is 43.1 Å². The molecule has 35 heavy (non-hydrogen) atoms. The van der Waals surface area contributed by atoms with Crippen molar-refractivity contribution in [1.82, 2.24) is 9.66 Å². The third-order valence-corrected chi connectivity index (χ3v) is 6.87. The molecular formula is C26H21Br2ClFN3O2. The first-order valence-electron chi connectivity index (χ1n) is 10.9. The molecule has 0 bridgehead atoms. The van der Waals surface area contributed by atoms with Crippen molar-refractivity contribution in [3.05, 3.63) is 102 Å². The summed E-state index contributed by atoms with van der Waals surface area (Å²) in [5.74, 6) is 0.622. The molecule has 0 aliphatic carbocycles. The molecule has 3 aromatic carbocycles. The molecule has 0 N–H and O–H groups in total. The summed E-state index contributed by atoms with van der Waals surface area (Å²) >= 11 is 13.2. The minimum atomic E-state index is -0.356. The second-order valence-corrected chi connectivity index (χ2v) is 10.2. The van der Waals surface area contributed by atoms with Crippen molar-refractivity contribution in [2.45, 2.75) is 32.8 Å². The van der Waals surface area contributed by atoms with Crippen molar-refractivity contribution in [1.29, 1.82) is 0 Å². The van der Waals surface area contributed by atoms with Crippen molar-refractivity contribution >= 4 is 60.6 Å². The zero-order valence-corrected chi connectivity index (χ0v) is 22.9. The molecule has 0 aliphatic heterocycles. The Hall–Kier alpha value is -2.55. The van der Waals surface area contributed by atoms with Crippen LogP contribution in [-0.4, -0.2) is 15.9 Å². The van der Waals surface area contributed by atoms with Crippen molar-refractivity contribution in [2.24, 2.45) is 5.10 Å². The van der Waals surface area contributed by atoms with Crippen LogP contribution in [0.2, 0.25) is 5.02 Å². The maximum absolute atomic E-state index is 14.1. The Morgan fingerprint density at radius 1 is 1.20 bits per heavy atom. The Morgan fingerprint density at radius 3 is 2.71 bits per heavy atom. The largest absolute Gasteiger partial charge is 0.487 e. The normalized spacial score (nSPS) is 12.4. The van der Waals surface area contributed by atoms with Gasteiger partial charge in [-0.1, -0.05) is 59.6 Å². The highest BCUT2D eigenvalue weighted by molar-refractivity contribution is 9.10. The monoisotopic (exact) mass is 619 g/mol. The molecule has 0 spiro atoms. The van der Waals surface area contributed by atoms with Gasteiger partial charge < -0.3 is 4.74 Å². The first-order valence-corrected chi connectivity index (χ1v) is 12.9. The Morgan fingerprint density at radius 2 is 1.97 bits per heavy atom. The van der Waals surface area contributed by atoms with Gasteiger partial charge in [0.05, 0.1) is 21.6 Å². The first-order chi connectivity index (χ1) is 16.8. The summed E-state index contributed by atoms with van der Waals surface area (Å²) in [5.41, 5.74) is 1.27. The van der Waals surface area contributed by atoms with Crippen molar-refractivity contribution in [3.63, 3.8) is 0 Å². The van der Waals surface area contributed by atoms with E-state index in [1.807, 2.05) is 26.0 Å². The van der Waals surface area contributed by atoms with Crippen LogP contribution in [0.3, 0.4) is 0 Å². The van der Waals surface area contributed by atoms with Gasteiger partial charge in [0.15, 0.2) is 0 Å². The van der Waals surface area contributed by atoms with Gasteiger partial charge in [-0.3, -0.25) is 4.79 Å². The predicted molar refractivity (Wildman–Crippen MR) is 145 cm³/mol.